The van der Waals surface area contributed by atoms with Gasteiger partial charge in [-0.2, -0.15) is 0 Å². The fourth-order valence-corrected chi connectivity index (χ4v) is 3.51. The summed E-state index contributed by atoms with van der Waals surface area (Å²) in [6.07, 6.45) is 2.12. The van der Waals surface area contributed by atoms with Gasteiger partial charge in [0.15, 0.2) is 0 Å². The summed E-state index contributed by atoms with van der Waals surface area (Å²) in [6.45, 7) is 3.08. The van der Waals surface area contributed by atoms with E-state index in [0.717, 1.165) is 24.1 Å². The summed E-state index contributed by atoms with van der Waals surface area (Å²) >= 11 is 5.95. The van der Waals surface area contributed by atoms with Crippen molar-refractivity contribution >= 4 is 29.1 Å². The Morgan fingerprint density at radius 2 is 2.00 bits per heavy atom. The highest BCUT2D eigenvalue weighted by atomic mass is 35.5. The molecule has 0 radical (unpaired) electrons. The number of halogens is 1. The minimum Gasteiger partial charge on any atom is -0.342 e. The Balaban J connectivity index is 1.51. The van der Waals surface area contributed by atoms with Gasteiger partial charge >= 0.3 is 0 Å². The summed E-state index contributed by atoms with van der Waals surface area (Å²) in [4.78, 5) is 26.5. The summed E-state index contributed by atoms with van der Waals surface area (Å²) in [5.41, 5.74) is 2.93. The zero-order valence-electron chi connectivity index (χ0n) is 14.9. The summed E-state index contributed by atoms with van der Waals surface area (Å²) in [5, 5.41) is 3.57. The normalized spacial score (nSPS) is 16.8. The van der Waals surface area contributed by atoms with E-state index in [1.54, 1.807) is 12.1 Å². The summed E-state index contributed by atoms with van der Waals surface area (Å²) in [5.74, 6) is -0.338. The number of hydrogen-bond acceptors (Lipinski definition) is 2. The smallest absolute Gasteiger partial charge is 0.229 e. The van der Waals surface area contributed by atoms with E-state index < -0.39 is 0 Å². The molecule has 4 nitrogen and oxygen atoms in total. The molecule has 2 aromatic carbocycles. The summed E-state index contributed by atoms with van der Waals surface area (Å²) < 4.78 is 0. The zero-order valence-corrected chi connectivity index (χ0v) is 15.6. The Labute approximate surface area is 159 Å². The number of anilines is 1. The van der Waals surface area contributed by atoms with Crippen molar-refractivity contribution in [2.24, 2.45) is 5.92 Å². The monoisotopic (exact) mass is 370 g/mol. The van der Waals surface area contributed by atoms with E-state index in [-0.39, 0.29) is 24.2 Å². The lowest BCUT2D eigenvalue weighted by atomic mass is 10.1. The minimum atomic E-state index is -0.297. The van der Waals surface area contributed by atoms with E-state index in [0.29, 0.717) is 18.1 Å². The van der Waals surface area contributed by atoms with E-state index in [4.69, 9.17) is 11.6 Å². The van der Waals surface area contributed by atoms with E-state index in [1.807, 2.05) is 36.1 Å². The molecule has 2 amide bonds. The average Bonchev–Trinajstić information content (AvgIpc) is 2.99. The van der Waals surface area contributed by atoms with E-state index in [2.05, 4.69) is 17.4 Å². The van der Waals surface area contributed by atoms with Gasteiger partial charge in [-0.15, -0.1) is 0 Å². The predicted octanol–water partition coefficient (Wildman–Crippen LogP) is 4.07. The SMILES string of the molecule is Cc1cc(Cl)ccc1NC(=O)C1CC(=O)N(CCCc2ccccc2)C1. The second-order valence-electron chi connectivity index (χ2n) is 6.78. The van der Waals surface area contributed by atoms with Crippen molar-refractivity contribution in [3.63, 3.8) is 0 Å². The van der Waals surface area contributed by atoms with Gasteiger partial charge in [-0.05, 0) is 49.1 Å². The maximum Gasteiger partial charge on any atom is 0.229 e. The number of rotatable bonds is 6. The molecule has 1 heterocycles. The molecule has 1 atom stereocenters. The number of aryl methyl sites for hydroxylation is 2. The molecule has 0 aromatic heterocycles. The molecule has 136 valence electrons. The molecule has 0 bridgehead atoms. The second kappa shape index (κ2) is 8.37. The second-order valence-corrected chi connectivity index (χ2v) is 7.21. The minimum absolute atomic E-state index is 0.0611. The lowest BCUT2D eigenvalue weighted by molar-refractivity contribution is -0.128. The highest BCUT2D eigenvalue weighted by Crippen LogP contribution is 2.23. The quantitative estimate of drug-likeness (QED) is 0.833. The first-order valence-electron chi connectivity index (χ1n) is 8.91. The lowest BCUT2D eigenvalue weighted by Crippen LogP contribution is -2.29. The fourth-order valence-electron chi connectivity index (χ4n) is 3.28. The van der Waals surface area contributed by atoms with E-state index in [9.17, 15) is 9.59 Å². The molecule has 2 aromatic rings. The first-order valence-corrected chi connectivity index (χ1v) is 9.29. The standard InChI is InChI=1S/C21H23ClN2O2/c1-15-12-18(22)9-10-19(15)23-21(26)17-13-20(25)24(14-17)11-5-8-16-6-3-2-4-7-16/h2-4,6-7,9-10,12,17H,5,8,11,13-14H2,1H3,(H,23,26). The molecule has 0 spiro atoms. The molecule has 1 aliphatic rings. The van der Waals surface area contributed by atoms with Gasteiger partial charge in [-0.25, -0.2) is 0 Å². The predicted molar refractivity (Wildman–Crippen MR) is 104 cm³/mol. The topological polar surface area (TPSA) is 49.4 Å². The van der Waals surface area contributed by atoms with Crippen LogP contribution in [-0.4, -0.2) is 29.8 Å². The van der Waals surface area contributed by atoms with Crippen LogP contribution in [0.3, 0.4) is 0 Å². The van der Waals surface area contributed by atoms with Crippen molar-refractivity contribution in [3.05, 3.63) is 64.7 Å². The van der Waals surface area contributed by atoms with Crippen LogP contribution in [0.1, 0.15) is 24.0 Å². The first-order chi connectivity index (χ1) is 12.5. The number of amides is 2. The van der Waals surface area contributed by atoms with Gasteiger partial charge in [0.25, 0.3) is 0 Å². The van der Waals surface area contributed by atoms with Gasteiger partial charge in [0.1, 0.15) is 0 Å². The number of hydrogen-bond donors (Lipinski definition) is 1. The molecule has 0 aliphatic carbocycles. The Kier molecular flexibility index (Phi) is 5.94. The van der Waals surface area contributed by atoms with Crippen LogP contribution in [0, 0.1) is 12.8 Å². The van der Waals surface area contributed by atoms with Crippen LogP contribution in [-0.2, 0) is 16.0 Å². The van der Waals surface area contributed by atoms with Gasteiger partial charge in [-0.3, -0.25) is 9.59 Å². The van der Waals surface area contributed by atoms with Crippen molar-refractivity contribution < 1.29 is 9.59 Å². The first kappa shape index (κ1) is 18.5. The van der Waals surface area contributed by atoms with Crippen molar-refractivity contribution in [2.75, 3.05) is 18.4 Å². The molecule has 1 aliphatic heterocycles. The molecule has 1 unspecified atom stereocenters. The van der Waals surface area contributed by atoms with Crippen molar-refractivity contribution in [3.8, 4) is 0 Å². The third-order valence-corrected chi connectivity index (χ3v) is 5.00. The maximum atomic E-state index is 12.5. The molecule has 1 N–H and O–H groups in total. The number of nitrogens with one attached hydrogen (secondary N) is 1. The number of carbonyl (C=O) groups is 2. The van der Waals surface area contributed by atoms with Crippen LogP contribution in [0.15, 0.2) is 48.5 Å². The van der Waals surface area contributed by atoms with E-state index >= 15 is 0 Å². The van der Waals surface area contributed by atoms with Crippen LogP contribution in [0.2, 0.25) is 5.02 Å². The van der Waals surface area contributed by atoms with Gasteiger partial charge in [0.2, 0.25) is 11.8 Å². The third-order valence-electron chi connectivity index (χ3n) is 4.77. The average molecular weight is 371 g/mol. The molecule has 1 saturated heterocycles. The van der Waals surface area contributed by atoms with Gasteiger partial charge in [-0.1, -0.05) is 41.9 Å². The van der Waals surface area contributed by atoms with Gasteiger partial charge < -0.3 is 10.2 Å². The molecular formula is C21H23ClN2O2. The Morgan fingerprint density at radius 3 is 2.73 bits per heavy atom. The molecule has 5 heteroatoms. The molecule has 1 fully saturated rings. The molecule has 26 heavy (non-hydrogen) atoms. The van der Waals surface area contributed by atoms with Crippen LogP contribution in [0.5, 0.6) is 0 Å². The number of benzene rings is 2. The summed E-state index contributed by atoms with van der Waals surface area (Å²) in [7, 11) is 0. The Morgan fingerprint density at radius 1 is 1.23 bits per heavy atom. The Bertz CT molecular complexity index is 792. The number of carbonyl (C=O) groups excluding carboxylic acids is 2. The van der Waals surface area contributed by atoms with Crippen LogP contribution in [0.4, 0.5) is 5.69 Å². The van der Waals surface area contributed by atoms with Crippen molar-refractivity contribution in [1.82, 2.24) is 4.90 Å². The van der Waals surface area contributed by atoms with Crippen molar-refractivity contribution in [2.45, 2.75) is 26.2 Å². The number of nitrogens with zero attached hydrogens (tertiary/aromatic N) is 1. The fraction of sp³-hybridized carbons (Fsp3) is 0.333. The van der Waals surface area contributed by atoms with Crippen LogP contribution < -0.4 is 5.32 Å². The largest absolute Gasteiger partial charge is 0.342 e. The van der Waals surface area contributed by atoms with Gasteiger partial charge in [0.05, 0.1) is 5.92 Å². The highest BCUT2D eigenvalue weighted by Gasteiger charge is 2.34. The van der Waals surface area contributed by atoms with Crippen LogP contribution in [0.25, 0.3) is 0 Å². The van der Waals surface area contributed by atoms with E-state index in [1.165, 1.54) is 5.56 Å². The number of likely N-dealkylation sites (tertiary alicyclic amines) is 1. The molecule has 0 saturated carbocycles. The highest BCUT2D eigenvalue weighted by molar-refractivity contribution is 6.30. The van der Waals surface area contributed by atoms with Crippen LogP contribution >= 0.6 is 11.6 Å². The van der Waals surface area contributed by atoms with Crippen molar-refractivity contribution in [1.29, 1.82) is 0 Å². The zero-order chi connectivity index (χ0) is 18.5. The molecular weight excluding hydrogens is 348 g/mol. The summed E-state index contributed by atoms with van der Waals surface area (Å²) in [6, 6.07) is 15.6. The van der Waals surface area contributed by atoms with Gasteiger partial charge in [0, 0.05) is 30.2 Å². The molecule has 3 rings (SSSR count). The lowest BCUT2D eigenvalue weighted by Gasteiger charge is -2.17. The third kappa shape index (κ3) is 4.64. The maximum absolute atomic E-state index is 12.5. The Hall–Kier alpha value is -2.33.